The number of aromatic amines is 1. The number of carbonyl (C=O) groups excluding carboxylic acids is 1. The predicted molar refractivity (Wildman–Crippen MR) is 79.9 cm³/mol. The van der Waals surface area contributed by atoms with E-state index in [4.69, 9.17) is 0 Å². The van der Waals surface area contributed by atoms with Gasteiger partial charge in [-0.3, -0.25) is 4.79 Å². The molecule has 1 heterocycles. The molecule has 2 N–H and O–H groups in total. The summed E-state index contributed by atoms with van der Waals surface area (Å²) in [6, 6.07) is 10.9. The van der Waals surface area contributed by atoms with Crippen molar-refractivity contribution in [2.24, 2.45) is 10.2 Å². The van der Waals surface area contributed by atoms with Gasteiger partial charge in [-0.05, 0) is 37.3 Å². The Labute approximate surface area is 125 Å². The number of amides is 1. The zero-order valence-electron chi connectivity index (χ0n) is 11.7. The number of carbonyl (C=O) groups is 1. The van der Waals surface area contributed by atoms with Gasteiger partial charge in [0.05, 0.1) is 5.52 Å². The van der Waals surface area contributed by atoms with Gasteiger partial charge in [0.1, 0.15) is 5.82 Å². The fourth-order valence-corrected chi connectivity index (χ4v) is 2.09. The Bertz CT molecular complexity index is 882. The van der Waals surface area contributed by atoms with Gasteiger partial charge in [-0.15, -0.1) is 10.2 Å². The van der Waals surface area contributed by atoms with Crippen LogP contribution in [0.3, 0.4) is 0 Å². The maximum atomic E-state index is 13.1. The Morgan fingerprint density at radius 2 is 1.91 bits per heavy atom. The number of fused-ring (bicyclic) bond motifs is 1. The average Bonchev–Trinajstić information content (AvgIpc) is 2.80. The molecule has 6 heteroatoms. The van der Waals surface area contributed by atoms with E-state index in [2.05, 4.69) is 15.2 Å². The van der Waals surface area contributed by atoms with Crippen LogP contribution in [0.2, 0.25) is 0 Å². The second-order valence-corrected chi connectivity index (χ2v) is 4.88. The van der Waals surface area contributed by atoms with Crippen LogP contribution >= 0.6 is 0 Å². The highest BCUT2D eigenvalue weighted by Crippen LogP contribution is 2.35. The van der Waals surface area contributed by atoms with Gasteiger partial charge in [0, 0.05) is 10.9 Å². The lowest BCUT2D eigenvalue weighted by Gasteiger charge is -1.95. The first-order valence-electron chi connectivity index (χ1n) is 6.57. The Morgan fingerprint density at radius 3 is 2.64 bits per heavy atom. The highest BCUT2D eigenvalue weighted by atomic mass is 19.1. The number of nitrogens with zero attached hydrogens (tertiary/aromatic N) is 2. The van der Waals surface area contributed by atoms with E-state index < -0.39 is 11.7 Å². The molecule has 0 atom stereocenters. The van der Waals surface area contributed by atoms with Crippen LogP contribution in [0.1, 0.15) is 15.9 Å². The number of azo groups is 1. The van der Waals surface area contributed by atoms with Crippen molar-refractivity contribution < 1.29 is 14.3 Å². The number of H-pyrrole nitrogens is 1. The summed E-state index contributed by atoms with van der Waals surface area (Å²) in [5.74, 6) is -1.22. The first kappa shape index (κ1) is 13.9. The highest BCUT2D eigenvalue weighted by Gasteiger charge is 2.12. The molecule has 0 aliphatic rings. The van der Waals surface area contributed by atoms with E-state index >= 15 is 0 Å². The van der Waals surface area contributed by atoms with Gasteiger partial charge in [0.2, 0.25) is 5.88 Å². The summed E-state index contributed by atoms with van der Waals surface area (Å²) in [5, 5.41) is 17.7. The molecule has 0 saturated heterocycles. The third-order valence-corrected chi connectivity index (χ3v) is 3.25. The Kier molecular flexibility index (Phi) is 3.42. The summed E-state index contributed by atoms with van der Waals surface area (Å²) >= 11 is 0. The molecule has 0 fully saturated rings. The van der Waals surface area contributed by atoms with E-state index in [0.29, 0.717) is 16.5 Å². The zero-order valence-corrected chi connectivity index (χ0v) is 11.7. The summed E-state index contributed by atoms with van der Waals surface area (Å²) in [6.07, 6.45) is 0. The number of halogens is 1. The number of hydrogen-bond donors (Lipinski definition) is 2. The fraction of sp³-hybridized carbons (Fsp3) is 0.0625. The van der Waals surface area contributed by atoms with Crippen molar-refractivity contribution in [3.05, 3.63) is 59.4 Å². The van der Waals surface area contributed by atoms with E-state index in [0.717, 1.165) is 5.56 Å². The third-order valence-electron chi connectivity index (χ3n) is 3.25. The standard InChI is InChI=1S/C16H12FN3O2/c1-9-2-4-10(5-3-9)15(21)20-19-14-12-7-6-11(17)8-13(12)18-16(14)22/h2-8,18,22H,1H3. The van der Waals surface area contributed by atoms with Crippen molar-refractivity contribution >= 4 is 22.5 Å². The molecule has 0 bridgehead atoms. The van der Waals surface area contributed by atoms with Gasteiger partial charge in [-0.2, -0.15) is 0 Å². The number of hydrogen-bond acceptors (Lipinski definition) is 3. The zero-order chi connectivity index (χ0) is 15.7. The molecule has 1 aromatic heterocycles. The number of rotatable bonds is 2. The van der Waals surface area contributed by atoms with Crippen molar-refractivity contribution in [2.75, 3.05) is 0 Å². The maximum absolute atomic E-state index is 13.1. The molecular formula is C16H12FN3O2. The first-order valence-corrected chi connectivity index (χ1v) is 6.57. The molecule has 0 saturated carbocycles. The predicted octanol–water partition coefficient (Wildman–Crippen LogP) is 4.25. The Hall–Kier alpha value is -3.02. The van der Waals surface area contributed by atoms with Gasteiger partial charge in [0.25, 0.3) is 5.91 Å². The fourth-order valence-electron chi connectivity index (χ4n) is 2.09. The van der Waals surface area contributed by atoms with E-state index in [9.17, 15) is 14.3 Å². The minimum atomic E-state index is -0.518. The number of nitrogens with one attached hydrogen (secondary N) is 1. The highest BCUT2D eigenvalue weighted by molar-refractivity contribution is 5.97. The third kappa shape index (κ3) is 2.58. The Balaban J connectivity index is 1.94. The molecule has 5 nitrogen and oxygen atoms in total. The van der Waals surface area contributed by atoms with Crippen LogP contribution in [0, 0.1) is 12.7 Å². The van der Waals surface area contributed by atoms with Crippen molar-refractivity contribution in [2.45, 2.75) is 6.92 Å². The summed E-state index contributed by atoms with van der Waals surface area (Å²) in [4.78, 5) is 14.5. The summed E-state index contributed by atoms with van der Waals surface area (Å²) in [5.41, 5.74) is 1.93. The van der Waals surface area contributed by atoms with E-state index in [-0.39, 0.29) is 11.6 Å². The monoisotopic (exact) mass is 297 g/mol. The number of benzene rings is 2. The van der Waals surface area contributed by atoms with Crippen LogP contribution in [0.15, 0.2) is 52.7 Å². The van der Waals surface area contributed by atoms with E-state index in [1.807, 2.05) is 6.92 Å². The van der Waals surface area contributed by atoms with Crippen LogP contribution in [-0.4, -0.2) is 16.0 Å². The minimum Gasteiger partial charge on any atom is -0.493 e. The van der Waals surface area contributed by atoms with Crippen LogP contribution in [0.25, 0.3) is 10.9 Å². The number of aromatic nitrogens is 1. The van der Waals surface area contributed by atoms with Gasteiger partial charge in [-0.1, -0.05) is 17.7 Å². The van der Waals surface area contributed by atoms with Gasteiger partial charge in [-0.25, -0.2) is 4.39 Å². The summed E-state index contributed by atoms with van der Waals surface area (Å²) < 4.78 is 13.1. The molecule has 22 heavy (non-hydrogen) atoms. The van der Waals surface area contributed by atoms with Crippen LogP contribution < -0.4 is 0 Å². The normalized spacial score (nSPS) is 11.4. The largest absolute Gasteiger partial charge is 0.493 e. The van der Waals surface area contributed by atoms with Crippen LogP contribution in [0.5, 0.6) is 5.88 Å². The second-order valence-electron chi connectivity index (χ2n) is 4.88. The van der Waals surface area contributed by atoms with E-state index in [1.165, 1.54) is 18.2 Å². The van der Waals surface area contributed by atoms with Crippen molar-refractivity contribution in [1.82, 2.24) is 4.98 Å². The van der Waals surface area contributed by atoms with Gasteiger partial charge in [0.15, 0.2) is 5.69 Å². The lowest BCUT2D eigenvalue weighted by atomic mass is 10.1. The topological polar surface area (TPSA) is 77.8 Å². The van der Waals surface area contributed by atoms with Crippen LogP contribution in [-0.2, 0) is 0 Å². The lowest BCUT2D eigenvalue weighted by Crippen LogP contribution is -1.92. The molecular weight excluding hydrogens is 285 g/mol. The molecule has 110 valence electrons. The Morgan fingerprint density at radius 1 is 1.18 bits per heavy atom. The summed E-state index contributed by atoms with van der Waals surface area (Å²) in [7, 11) is 0. The minimum absolute atomic E-state index is 0.107. The maximum Gasteiger partial charge on any atom is 0.295 e. The first-order chi connectivity index (χ1) is 10.5. The molecule has 0 radical (unpaired) electrons. The molecule has 0 aliphatic heterocycles. The number of aryl methyl sites for hydroxylation is 1. The molecule has 0 spiro atoms. The van der Waals surface area contributed by atoms with Crippen molar-refractivity contribution in [1.29, 1.82) is 0 Å². The van der Waals surface area contributed by atoms with E-state index in [1.54, 1.807) is 24.3 Å². The second kappa shape index (κ2) is 5.40. The quantitative estimate of drug-likeness (QED) is 0.694. The smallest absolute Gasteiger partial charge is 0.295 e. The SMILES string of the molecule is Cc1ccc(C(=O)N=Nc2c(O)[nH]c3cc(F)ccc23)cc1. The van der Waals surface area contributed by atoms with Crippen molar-refractivity contribution in [3.8, 4) is 5.88 Å². The molecule has 0 aliphatic carbocycles. The summed E-state index contributed by atoms with van der Waals surface area (Å²) in [6.45, 7) is 1.92. The molecule has 2 aromatic carbocycles. The molecule has 0 unspecified atom stereocenters. The van der Waals surface area contributed by atoms with Gasteiger partial charge >= 0.3 is 0 Å². The lowest BCUT2D eigenvalue weighted by molar-refractivity contribution is 0.0995. The van der Waals surface area contributed by atoms with Crippen molar-refractivity contribution in [3.63, 3.8) is 0 Å². The average molecular weight is 297 g/mol. The van der Waals surface area contributed by atoms with Crippen LogP contribution in [0.4, 0.5) is 10.1 Å². The number of aromatic hydroxyl groups is 1. The molecule has 1 amide bonds. The molecule has 3 rings (SSSR count). The molecule has 3 aromatic rings. The van der Waals surface area contributed by atoms with Gasteiger partial charge < -0.3 is 10.1 Å².